The number of carboxylic acid groups (broad SMARTS) is 1. The van der Waals surface area contributed by atoms with Crippen LogP contribution in [0.3, 0.4) is 0 Å². The molecule has 0 aliphatic rings. The van der Waals surface area contributed by atoms with E-state index in [9.17, 15) is 9.59 Å². The zero-order valence-electron chi connectivity index (χ0n) is 13.9. The van der Waals surface area contributed by atoms with Crippen LogP contribution in [-0.4, -0.2) is 50.0 Å². The number of carboxylic acids is 1. The lowest BCUT2D eigenvalue weighted by Gasteiger charge is -2.03. The number of amides is 1. The maximum atomic E-state index is 12.1. The Morgan fingerprint density at radius 1 is 1.15 bits per heavy atom. The van der Waals surface area contributed by atoms with Gasteiger partial charge in [0.05, 0.1) is 11.9 Å². The minimum absolute atomic E-state index is 0.365. The van der Waals surface area contributed by atoms with E-state index in [1.54, 1.807) is 48.5 Å². The lowest BCUT2D eigenvalue weighted by Crippen LogP contribution is -2.17. The molecule has 0 saturated carbocycles. The van der Waals surface area contributed by atoms with E-state index < -0.39 is 12.6 Å². The Kier molecular flexibility index (Phi) is 5.48. The van der Waals surface area contributed by atoms with E-state index in [4.69, 9.17) is 9.84 Å². The van der Waals surface area contributed by atoms with Crippen LogP contribution >= 0.6 is 0 Å². The third-order valence-electron chi connectivity index (χ3n) is 3.37. The van der Waals surface area contributed by atoms with Crippen LogP contribution in [0.1, 0.15) is 15.9 Å². The van der Waals surface area contributed by atoms with Gasteiger partial charge in [0.1, 0.15) is 12.1 Å². The Balaban J connectivity index is 1.54. The first-order valence-corrected chi connectivity index (χ1v) is 7.73. The average Bonchev–Trinajstić information content (AvgIpc) is 3.22. The van der Waals surface area contributed by atoms with E-state index in [0.29, 0.717) is 16.9 Å². The normalized spacial score (nSPS) is 10.7. The first-order valence-electron chi connectivity index (χ1n) is 7.73. The third kappa shape index (κ3) is 4.95. The zero-order chi connectivity index (χ0) is 19.1. The molecule has 0 bridgehead atoms. The molecule has 0 unspecified atom stereocenters. The highest BCUT2D eigenvalue weighted by Crippen LogP contribution is 2.11. The van der Waals surface area contributed by atoms with Crippen molar-refractivity contribution >= 4 is 18.1 Å². The smallest absolute Gasteiger partial charge is 0.341 e. The molecule has 2 N–H and O–H groups in total. The highest BCUT2D eigenvalue weighted by molar-refractivity contribution is 5.95. The summed E-state index contributed by atoms with van der Waals surface area (Å²) < 4.78 is 6.51. The highest BCUT2D eigenvalue weighted by Gasteiger charge is 2.05. The number of ether oxygens (including phenoxy) is 1. The van der Waals surface area contributed by atoms with Crippen LogP contribution in [0.25, 0.3) is 5.69 Å². The molecular weight excluding hydrogens is 352 g/mol. The van der Waals surface area contributed by atoms with Gasteiger partial charge in [0.15, 0.2) is 6.61 Å². The lowest BCUT2D eigenvalue weighted by molar-refractivity contribution is -0.139. The van der Waals surface area contributed by atoms with Crippen molar-refractivity contribution in [1.29, 1.82) is 0 Å². The number of carbonyl (C=O) groups excluding carboxylic acids is 1. The molecule has 3 rings (SSSR count). The molecule has 0 saturated heterocycles. The number of hydrogen-bond donors (Lipinski definition) is 2. The molecule has 0 spiro atoms. The second-order valence-corrected chi connectivity index (χ2v) is 5.25. The molecule has 3 aromatic rings. The van der Waals surface area contributed by atoms with E-state index in [2.05, 4.69) is 26.1 Å². The number of carbonyl (C=O) groups is 2. The monoisotopic (exact) mass is 366 g/mol. The van der Waals surface area contributed by atoms with E-state index in [0.717, 1.165) is 5.69 Å². The second kappa shape index (κ2) is 8.34. The second-order valence-electron chi connectivity index (χ2n) is 5.25. The van der Waals surface area contributed by atoms with Gasteiger partial charge in [0.25, 0.3) is 5.91 Å². The van der Waals surface area contributed by atoms with Gasteiger partial charge in [0, 0.05) is 5.56 Å². The molecule has 1 aromatic heterocycles. The van der Waals surface area contributed by atoms with Crippen LogP contribution in [0.5, 0.6) is 5.75 Å². The van der Waals surface area contributed by atoms with Gasteiger partial charge in [-0.1, -0.05) is 0 Å². The Morgan fingerprint density at radius 3 is 2.52 bits per heavy atom. The average molecular weight is 366 g/mol. The largest absolute Gasteiger partial charge is 0.482 e. The maximum Gasteiger partial charge on any atom is 0.341 e. The Bertz CT molecular complexity index is 937. The van der Waals surface area contributed by atoms with Gasteiger partial charge in [-0.3, -0.25) is 4.79 Å². The van der Waals surface area contributed by atoms with E-state index in [1.165, 1.54) is 17.2 Å². The Hall–Kier alpha value is -4.08. The predicted molar refractivity (Wildman–Crippen MR) is 93.8 cm³/mol. The van der Waals surface area contributed by atoms with E-state index >= 15 is 0 Å². The van der Waals surface area contributed by atoms with Crippen LogP contribution < -0.4 is 10.2 Å². The van der Waals surface area contributed by atoms with Crippen molar-refractivity contribution in [3.8, 4) is 11.4 Å². The topological polar surface area (TPSA) is 132 Å². The summed E-state index contributed by atoms with van der Waals surface area (Å²) in [6.45, 7) is -0.407. The van der Waals surface area contributed by atoms with Crippen molar-refractivity contribution in [3.05, 3.63) is 66.0 Å². The van der Waals surface area contributed by atoms with Crippen molar-refractivity contribution in [2.24, 2.45) is 5.10 Å². The fourth-order valence-electron chi connectivity index (χ4n) is 2.07. The summed E-state index contributed by atoms with van der Waals surface area (Å²) in [5, 5.41) is 23.3. The molecule has 0 aliphatic heterocycles. The van der Waals surface area contributed by atoms with Gasteiger partial charge in [0.2, 0.25) is 0 Å². The summed E-state index contributed by atoms with van der Waals surface area (Å²) in [5.74, 6) is -0.980. The van der Waals surface area contributed by atoms with Gasteiger partial charge in [-0.2, -0.15) is 5.10 Å². The van der Waals surface area contributed by atoms with Crippen molar-refractivity contribution in [1.82, 2.24) is 25.6 Å². The zero-order valence-corrected chi connectivity index (χ0v) is 13.9. The molecule has 0 atom stereocenters. The molecule has 0 fully saturated rings. The summed E-state index contributed by atoms with van der Waals surface area (Å²) in [4.78, 5) is 22.5. The Labute approximate surface area is 153 Å². The van der Waals surface area contributed by atoms with E-state index in [1.807, 2.05) is 0 Å². The number of benzene rings is 2. The fraction of sp³-hybridized carbons (Fsp3) is 0.0588. The number of tetrazole rings is 1. The molecule has 1 heterocycles. The number of nitrogens with one attached hydrogen (secondary N) is 1. The van der Waals surface area contributed by atoms with Crippen molar-refractivity contribution in [2.45, 2.75) is 0 Å². The van der Waals surface area contributed by atoms with Crippen LogP contribution in [-0.2, 0) is 4.79 Å². The van der Waals surface area contributed by atoms with Crippen LogP contribution in [0.2, 0.25) is 0 Å². The predicted octanol–water partition coefficient (Wildman–Crippen LogP) is 0.890. The number of rotatable bonds is 7. The third-order valence-corrected chi connectivity index (χ3v) is 3.37. The number of hydrazone groups is 1. The van der Waals surface area contributed by atoms with Crippen molar-refractivity contribution in [3.63, 3.8) is 0 Å². The molecule has 0 aliphatic carbocycles. The summed E-state index contributed by atoms with van der Waals surface area (Å²) in [6, 6.07) is 13.3. The first kappa shape index (κ1) is 17.7. The molecule has 27 heavy (non-hydrogen) atoms. The molecule has 10 nitrogen and oxygen atoms in total. The highest BCUT2D eigenvalue weighted by atomic mass is 16.5. The summed E-state index contributed by atoms with van der Waals surface area (Å²) in [7, 11) is 0. The molecular formula is C17H14N6O4. The van der Waals surface area contributed by atoms with Crippen molar-refractivity contribution in [2.75, 3.05) is 6.61 Å². The summed E-state index contributed by atoms with van der Waals surface area (Å²) in [6.07, 6.45) is 2.92. The number of aromatic nitrogens is 4. The molecule has 1 amide bonds. The minimum Gasteiger partial charge on any atom is -0.482 e. The fourth-order valence-corrected chi connectivity index (χ4v) is 2.07. The van der Waals surface area contributed by atoms with Gasteiger partial charge in [-0.05, 0) is 64.5 Å². The lowest BCUT2D eigenvalue weighted by atomic mass is 10.2. The molecule has 0 radical (unpaired) electrons. The molecule has 10 heteroatoms. The summed E-state index contributed by atoms with van der Waals surface area (Å²) >= 11 is 0. The van der Waals surface area contributed by atoms with Crippen LogP contribution in [0.4, 0.5) is 0 Å². The maximum absolute atomic E-state index is 12.1. The molecule has 2 aromatic carbocycles. The van der Waals surface area contributed by atoms with Gasteiger partial charge < -0.3 is 9.84 Å². The minimum atomic E-state index is -1.05. The summed E-state index contributed by atoms with van der Waals surface area (Å²) in [5.41, 5.74) is 4.30. The van der Waals surface area contributed by atoms with Gasteiger partial charge in [-0.15, -0.1) is 5.10 Å². The van der Waals surface area contributed by atoms with Gasteiger partial charge >= 0.3 is 5.97 Å². The number of nitrogens with zero attached hydrogens (tertiary/aromatic N) is 5. The first-order chi connectivity index (χ1) is 13.1. The quantitative estimate of drug-likeness (QED) is 0.469. The van der Waals surface area contributed by atoms with Crippen molar-refractivity contribution < 1.29 is 19.4 Å². The number of aliphatic carboxylic acids is 1. The SMILES string of the molecule is O=C(O)COc1ccc(/C=N/NC(=O)c2ccc(-n3cnnn3)cc2)cc1. The van der Waals surface area contributed by atoms with Crippen LogP contribution in [0.15, 0.2) is 60.0 Å². The van der Waals surface area contributed by atoms with Crippen LogP contribution in [0, 0.1) is 0 Å². The van der Waals surface area contributed by atoms with Gasteiger partial charge in [-0.25, -0.2) is 14.9 Å². The number of hydrogen-bond acceptors (Lipinski definition) is 7. The standard InChI is InChI=1S/C17H14N6O4/c24-16(25)10-27-15-7-1-12(2-8-15)9-18-20-17(26)13-3-5-14(6-4-13)23-11-19-21-22-23/h1-9,11H,10H2,(H,20,26)(H,24,25)/b18-9+. The van der Waals surface area contributed by atoms with E-state index in [-0.39, 0.29) is 5.91 Å². The molecule has 136 valence electrons. The Morgan fingerprint density at radius 2 is 1.89 bits per heavy atom.